The van der Waals surface area contributed by atoms with E-state index < -0.39 is 0 Å². The van der Waals surface area contributed by atoms with Gasteiger partial charge in [0.05, 0.1) is 5.72 Å². The van der Waals surface area contributed by atoms with Crippen LogP contribution in [0.5, 0.6) is 0 Å². The van der Waals surface area contributed by atoms with Crippen molar-refractivity contribution in [3.63, 3.8) is 0 Å². The highest BCUT2D eigenvalue weighted by Gasteiger charge is 2.19. The molecule has 1 atom stereocenters. The summed E-state index contributed by atoms with van der Waals surface area (Å²) in [7, 11) is 0.603. The summed E-state index contributed by atoms with van der Waals surface area (Å²) in [5.41, 5.74) is 7.30. The van der Waals surface area contributed by atoms with Crippen LogP contribution in [0, 0.1) is 0 Å². The molecule has 0 N–H and O–H groups in total. The quantitative estimate of drug-likeness (QED) is 0.136. The van der Waals surface area contributed by atoms with Gasteiger partial charge in [0.1, 0.15) is 0 Å². The molecule has 0 spiro atoms. The first kappa shape index (κ1) is 26.7. The Hall–Kier alpha value is -3.89. The van der Waals surface area contributed by atoms with Crippen molar-refractivity contribution in [3.05, 3.63) is 168 Å². The summed E-state index contributed by atoms with van der Waals surface area (Å²) in [6.45, 7) is 2.42. The van der Waals surface area contributed by atoms with E-state index in [4.69, 9.17) is 4.98 Å². The maximum Gasteiger partial charge on any atom is 0.217 e. The van der Waals surface area contributed by atoms with E-state index in [1.807, 2.05) is 6.20 Å². The van der Waals surface area contributed by atoms with Gasteiger partial charge in [-0.15, -0.1) is 0 Å². The summed E-state index contributed by atoms with van der Waals surface area (Å²) >= 11 is 0. The number of allylic oxidation sites excluding steroid dienone is 2. The second-order valence-electron chi connectivity index (χ2n) is 10.5. The molecule has 4 heteroatoms. The topological polar surface area (TPSA) is 17.8 Å². The standard InChI is InChI=1S/C35H37BN2Si/c1-28(15-14-24-33(29-16-6-2-7-17-29)30-18-8-3-9-19-30)39-27-38-26-25-37-35(38)36-34(31-20-10-4-11-21-31)32-22-12-5-13-23-32/h2-14,16-26,28,33-34,36H,15,27,39H2,1H3. The first-order valence-electron chi connectivity index (χ1n) is 14.1. The van der Waals surface area contributed by atoms with Crippen LogP contribution in [-0.2, 0) is 6.17 Å². The molecule has 0 saturated carbocycles. The molecular formula is C35H37BN2Si. The van der Waals surface area contributed by atoms with Crippen LogP contribution in [0.3, 0.4) is 0 Å². The fourth-order valence-corrected chi connectivity index (χ4v) is 6.93. The molecule has 0 saturated heterocycles. The molecule has 0 aliphatic heterocycles. The van der Waals surface area contributed by atoms with E-state index in [9.17, 15) is 0 Å². The van der Waals surface area contributed by atoms with E-state index >= 15 is 0 Å². The zero-order valence-corrected chi connectivity index (χ0v) is 24.2. The largest absolute Gasteiger partial charge is 0.347 e. The fourth-order valence-electron chi connectivity index (χ4n) is 5.37. The molecule has 194 valence electrons. The SMILES string of the molecule is CC(CC=CC(c1ccccc1)c1ccccc1)[SiH2]Cn1ccnc1BC(c1ccccc1)c1ccccc1. The number of hydrogen-bond acceptors (Lipinski definition) is 1. The van der Waals surface area contributed by atoms with Crippen LogP contribution < -0.4 is 5.72 Å². The van der Waals surface area contributed by atoms with Crippen LogP contribution in [0.4, 0.5) is 0 Å². The average Bonchev–Trinajstić information content (AvgIpc) is 3.46. The van der Waals surface area contributed by atoms with E-state index in [-0.39, 0.29) is 9.52 Å². The van der Waals surface area contributed by atoms with Crippen LogP contribution in [0.15, 0.2) is 146 Å². The Balaban J connectivity index is 1.22. The molecule has 5 rings (SSSR count). The van der Waals surface area contributed by atoms with Gasteiger partial charge >= 0.3 is 0 Å². The van der Waals surface area contributed by atoms with Crippen LogP contribution in [0.25, 0.3) is 0 Å². The second-order valence-corrected chi connectivity index (χ2v) is 12.9. The average molecular weight is 525 g/mol. The van der Waals surface area contributed by atoms with Gasteiger partial charge in [0.15, 0.2) is 0 Å². The van der Waals surface area contributed by atoms with E-state index in [1.165, 1.54) is 28.0 Å². The summed E-state index contributed by atoms with van der Waals surface area (Å²) < 4.78 is 2.42. The number of imidazole rings is 1. The number of nitrogens with zero attached hydrogens (tertiary/aromatic N) is 2. The predicted molar refractivity (Wildman–Crippen MR) is 170 cm³/mol. The summed E-state index contributed by atoms with van der Waals surface area (Å²) in [5, 5.41) is 0. The molecule has 0 aliphatic rings. The predicted octanol–water partition coefficient (Wildman–Crippen LogP) is 6.45. The van der Waals surface area contributed by atoms with E-state index in [0.29, 0.717) is 11.7 Å². The van der Waals surface area contributed by atoms with Crippen molar-refractivity contribution in [2.24, 2.45) is 0 Å². The molecule has 0 radical (unpaired) electrons. The van der Waals surface area contributed by atoms with Gasteiger partial charge in [0.2, 0.25) is 7.28 Å². The molecule has 5 aromatic rings. The van der Waals surface area contributed by atoms with Crippen LogP contribution in [0.2, 0.25) is 5.54 Å². The zero-order valence-electron chi connectivity index (χ0n) is 22.8. The molecular weight excluding hydrogens is 487 g/mol. The monoisotopic (exact) mass is 524 g/mol. The maximum atomic E-state index is 4.81. The van der Waals surface area contributed by atoms with Crippen LogP contribution >= 0.6 is 0 Å². The Kier molecular flexibility index (Phi) is 9.43. The van der Waals surface area contributed by atoms with Gasteiger partial charge in [0, 0.05) is 34.0 Å². The van der Waals surface area contributed by atoms with Crippen molar-refractivity contribution < 1.29 is 0 Å². The first-order valence-corrected chi connectivity index (χ1v) is 16.0. The molecule has 1 unspecified atom stereocenters. The minimum atomic E-state index is -0.313. The molecule has 2 nitrogen and oxygen atoms in total. The van der Waals surface area contributed by atoms with Crippen molar-refractivity contribution in [3.8, 4) is 0 Å². The Labute approximate surface area is 236 Å². The van der Waals surface area contributed by atoms with Crippen LogP contribution in [0.1, 0.15) is 47.3 Å². The van der Waals surface area contributed by atoms with Gasteiger partial charge in [-0.05, 0) is 40.0 Å². The van der Waals surface area contributed by atoms with Crippen molar-refractivity contribution in [1.82, 2.24) is 9.55 Å². The van der Waals surface area contributed by atoms with Crippen molar-refractivity contribution in [2.75, 3.05) is 0 Å². The third-order valence-electron chi connectivity index (χ3n) is 7.64. The van der Waals surface area contributed by atoms with Gasteiger partial charge in [-0.2, -0.15) is 0 Å². The van der Waals surface area contributed by atoms with E-state index in [2.05, 4.69) is 151 Å². The third kappa shape index (κ3) is 7.36. The summed E-state index contributed by atoms with van der Waals surface area (Å²) in [5.74, 6) is 0.609. The highest BCUT2D eigenvalue weighted by atomic mass is 28.2. The molecule has 0 amide bonds. The molecule has 1 aromatic heterocycles. The molecule has 0 fully saturated rings. The number of aromatic nitrogens is 2. The molecule has 0 aliphatic carbocycles. The smallest absolute Gasteiger partial charge is 0.217 e. The zero-order chi connectivity index (χ0) is 26.7. The third-order valence-corrected chi connectivity index (χ3v) is 9.70. The summed E-state index contributed by atoms with van der Waals surface area (Å²) in [4.78, 5) is 4.81. The van der Waals surface area contributed by atoms with E-state index in [0.717, 1.165) is 25.4 Å². The lowest BCUT2D eigenvalue weighted by Gasteiger charge is -2.18. The van der Waals surface area contributed by atoms with Crippen molar-refractivity contribution >= 4 is 22.5 Å². The second kappa shape index (κ2) is 13.8. The van der Waals surface area contributed by atoms with Gasteiger partial charge in [0.25, 0.3) is 0 Å². The van der Waals surface area contributed by atoms with Crippen molar-refractivity contribution in [1.29, 1.82) is 0 Å². The fraction of sp³-hybridized carbons (Fsp3) is 0.171. The lowest BCUT2D eigenvalue weighted by Crippen LogP contribution is -2.33. The molecule has 4 aromatic carbocycles. The molecule has 0 bridgehead atoms. The van der Waals surface area contributed by atoms with Crippen LogP contribution in [-0.4, -0.2) is 26.4 Å². The highest BCUT2D eigenvalue weighted by Crippen LogP contribution is 2.27. The van der Waals surface area contributed by atoms with Crippen molar-refractivity contribution in [2.45, 2.75) is 36.8 Å². The normalized spacial score (nSPS) is 12.6. The number of hydrogen-bond donors (Lipinski definition) is 0. The summed E-state index contributed by atoms with van der Waals surface area (Å²) in [6, 6.07) is 43.4. The highest BCUT2D eigenvalue weighted by molar-refractivity contribution is 6.54. The van der Waals surface area contributed by atoms with Gasteiger partial charge < -0.3 is 4.57 Å². The lowest BCUT2D eigenvalue weighted by atomic mass is 9.58. The Morgan fingerprint density at radius 3 is 1.72 bits per heavy atom. The van der Waals surface area contributed by atoms with E-state index in [1.54, 1.807) is 0 Å². The Bertz CT molecular complexity index is 1340. The summed E-state index contributed by atoms with van der Waals surface area (Å²) in [6.07, 6.45) is 11.2. The first-order chi connectivity index (χ1) is 19.3. The van der Waals surface area contributed by atoms with Gasteiger partial charge in [-0.3, -0.25) is 4.98 Å². The molecule has 39 heavy (non-hydrogen) atoms. The number of rotatable bonds is 12. The molecule has 1 heterocycles. The lowest BCUT2D eigenvalue weighted by molar-refractivity contribution is 0.850. The minimum absolute atomic E-state index is 0.300. The number of benzene rings is 4. The minimum Gasteiger partial charge on any atom is -0.347 e. The Morgan fingerprint density at radius 2 is 1.21 bits per heavy atom. The maximum absolute atomic E-state index is 4.81. The van der Waals surface area contributed by atoms with Gasteiger partial charge in [-0.25, -0.2) is 0 Å². The van der Waals surface area contributed by atoms with Gasteiger partial charge in [-0.1, -0.05) is 140 Å². The Morgan fingerprint density at radius 1 is 0.718 bits per heavy atom.